The Bertz CT molecular complexity index is 1040. The molecular weight excluding hydrogens is 460 g/mol. The normalized spacial score (nSPS) is 21.8. The van der Waals surface area contributed by atoms with Gasteiger partial charge in [0.15, 0.2) is 5.69 Å². The van der Waals surface area contributed by atoms with Gasteiger partial charge in [0, 0.05) is 35.2 Å². The second-order valence-electron chi connectivity index (χ2n) is 9.15. The maximum Gasteiger partial charge on any atom is 0.435 e. The Morgan fingerprint density at radius 3 is 2.70 bits per heavy atom. The van der Waals surface area contributed by atoms with Gasteiger partial charge in [0.05, 0.1) is 18.8 Å². The topological polar surface area (TPSA) is 41.4 Å². The molecule has 2 aromatic rings. The predicted molar refractivity (Wildman–Crippen MR) is 116 cm³/mol. The van der Waals surface area contributed by atoms with Crippen molar-refractivity contribution in [3.05, 3.63) is 51.6 Å². The number of amides is 1. The van der Waals surface area contributed by atoms with Crippen LogP contribution in [0.25, 0.3) is 0 Å². The van der Waals surface area contributed by atoms with Crippen molar-refractivity contribution in [1.82, 2.24) is 19.6 Å². The second kappa shape index (κ2) is 9.25. The van der Waals surface area contributed by atoms with Crippen molar-refractivity contribution in [3.63, 3.8) is 0 Å². The number of hydrogen-bond donors (Lipinski definition) is 0. The molecule has 0 N–H and O–H groups in total. The smallest absolute Gasteiger partial charge is 0.336 e. The summed E-state index contributed by atoms with van der Waals surface area (Å²) < 4.78 is 56.4. The van der Waals surface area contributed by atoms with E-state index < -0.39 is 17.7 Å². The van der Waals surface area contributed by atoms with E-state index in [-0.39, 0.29) is 54.0 Å². The first-order valence-electron chi connectivity index (χ1n) is 11.1. The fraction of sp³-hybridized carbons (Fsp3) is 0.565. The minimum atomic E-state index is -4.62. The summed E-state index contributed by atoms with van der Waals surface area (Å²) in [6.45, 7) is 3.15. The molecule has 33 heavy (non-hydrogen) atoms. The zero-order valence-electron chi connectivity index (χ0n) is 18.6. The third-order valence-corrected chi connectivity index (χ3v) is 7.11. The largest absolute Gasteiger partial charge is 0.435 e. The van der Waals surface area contributed by atoms with Gasteiger partial charge in [-0.1, -0.05) is 17.7 Å². The Morgan fingerprint density at radius 2 is 2.03 bits per heavy atom. The molecular formula is C23H27ClF4N4O. The molecule has 0 radical (unpaired) electrons. The number of rotatable bonds is 4. The molecule has 1 aromatic heterocycles. The summed E-state index contributed by atoms with van der Waals surface area (Å²) in [7, 11) is 2.07. The summed E-state index contributed by atoms with van der Waals surface area (Å²) >= 11 is 5.79. The Morgan fingerprint density at radius 1 is 1.27 bits per heavy atom. The lowest BCUT2D eigenvalue weighted by Gasteiger charge is -2.36. The molecule has 10 heteroatoms. The number of hydrogen-bond acceptors (Lipinski definition) is 3. The van der Waals surface area contributed by atoms with Crippen molar-refractivity contribution in [2.75, 3.05) is 20.1 Å². The second-order valence-corrected chi connectivity index (χ2v) is 9.59. The van der Waals surface area contributed by atoms with E-state index in [0.717, 1.165) is 25.5 Å². The molecule has 0 aliphatic carbocycles. The summed E-state index contributed by atoms with van der Waals surface area (Å²) in [6, 6.07) is 4.44. The van der Waals surface area contributed by atoms with Crippen LogP contribution in [0, 0.1) is 11.7 Å². The monoisotopic (exact) mass is 486 g/mol. The molecule has 2 unspecified atom stereocenters. The maximum atomic E-state index is 14.3. The van der Waals surface area contributed by atoms with E-state index >= 15 is 0 Å². The SMILES string of the molecule is CC1CC(CC(=O)N2CCc3c(C(F)(F)F)nn(Cc4ccc(Cl)cc4F)c3C2)CCN1C. The van der Waals surface area contributed by atoms with Gasteiger partial charge in [-0.15, -0.1) is 0 Å². The lowest BCUT2D eigenvalue weighted by molar-refractivity contribution is -0.142. The van der Waals surface area contributed by atoms with E-state index in [1.807, 2.05) is 0 Å². The van der Waals surface area contributed by atoms with Crippen LogP contribution in [0.5, 0.6) is 0 Å². The van der Waals surface area contributed by atoms with E-state index in [2.05, 4.69) is 24.0 Å². The minimum absolute atomic E-state index is 0.0363. The van der Waals surface area contributed by atoms with Crippen LogP contribution in [0.15, 0.2) is 18.2 Å². The molecule has 3 heterocycles. The number of aromatic nitrogens is 2. The van der Waals surface area contributed by atoms with E-state index in [1.54, 1.807) is 4.90 Å². The van der Waals surface area contributed by atoms with Crippen LogP contribution in [0.1, 0.15) is 48.7 Å². The summed E-state index contributed by atoms with van der Waals surface area (Å²) in [5.74, 6) is -0.397. The van der Waals surface area contributed by atoms with Gasteiger partial charge in [-0.2, -0.15) is 18.3 Å². The number of likely N-dealkylation sites (tertiary alicyclic amines) is 1. The number of fused-ring (bicyclic) bond motifs is 1. The predicted octanol–water partition coefficient (Wildman–Crippen LogP) is 4.75. The highest BCUT2D eigenvalue weighted by Crippen LogP contribution is 2.36. The van der Waals surface area contributed by atoms with Crippen LogP contribution < -0.4 is 0 Å². The molecule has 0 spiro atoms. The average Bonchev–Trinajstić information content (AvgIpc) is 3.11. The Kier molecular flexibility index (Phi) is 6.73. The summed E-state index contributed by atoms with van der Waals surface area (Å²) in [5.41, 5.74) is -0.368. The molecule has 1 saturated heterocycles. The van der Waals surface area contributed by atoms with E-state index in [1.165, 1.54) is 16.8 Å². The minimum Gasteiger partial charge on any atom is -0.336 e. The van der Waals surface area contributed by atoms with E-state index in [4.69, 9.17) is 11.6 Å². The van der Waals surface area contributed by atoms with Gasteiger partial charge in [-0.25, -0.2) is 4.39 Å². The van der Waals surface area contributed by atoms with Gasteiger partial charge in [-0.05, 0) is 57.8 Å². The standard InChI is InChI=1S/C23H27ClF4N4O/c1-14-9-15(5-7-30(14)2)10-21(33)31-8-6-18-20(13-31)32(29-22(18)23(26,27)28)12-16-3-4-17(24)11-19(16)25/h3-4,11,14-15H,5-10,12-13H2,1-2H3. The third kappa shape index (κ3) is 5.19. The maximum absolute atomic E-state index is 14.3. The third-order valence-electron chi connectivity index (χ3n) is 6.88. The van der Waals surface area contributed by atoms with Crippen LogP contribution in [0.2, 0.25) is 5.02 Å². The zero-order chi connectivity index (χ0) is 23.9. The Balaban J connectivity index is 1.56. The lowest BCUT2D eigenvalue weighted by Crippen LogP contribution is -2.41. The van der Waals surface area contributed by atoms with E-state index in [0.29, 0.717) is 18.2 Å². The number of carbonyl (C=O) groups is 1. The molecule has 2 aliphatic heterocycles. The molecule has 1 aromatic carbocycles. The Labute approximate surface area is 195 Å². The fourth-order valence-electron chi connectivity index (χ4n) is 4.81. The average molecular weight is 487 g/mol. The first-order valence-corrected chi connectivity index (χ1v) is 11.5. The van der Waals surface area contributed by atoms with E-state index in [9.17, 15) is 22.4 Å². The highest BCUT2D eigenvalue weighted by atomic mass is 35.5. The summed E-state index contributed by atoms with van der Waals surface area (Å²) in [4.78, 5) is 16.9. The highest BCUT2D eigenvalue weighted by Gasteiger charge is 2.41. The lowest BCUT2D eigenvalue weighted by atomic mass is 9.88. The number of benzene rings is 1. The van der Waals surface area contributed by atoms with Crippen molar-refractivity contribution < 1.29 is 22.4 Å². The van der Waals surface area contributed by atoms with Crippen LogP contribution in [-0.2, 0) is 30.5 Å². The number of halogens is 5. The van der Waals surface area contributed by atoms with Crippen LogP contribution in [0.4, 0.5) is 17.6 Å². The first-order chi connectivity index (χ1) is 15.5. The summed E-state index contributed by atoms with van der Waals surface area (Å²) in [5, 5.41) is 4.00. The van der Waals surface area contributed by atoms with Gasteiger partial charge >= 0.3 is 6.18 Å². The molecule has 2 atom stereocenters. The van der Waals surface area contributed by atoms with Gasteiger partial charge < -0.3 is 9.80 Å². The van der Waals surface area contributed by atoms with Crippen molar-refractivity contribution in [3.8, 4) is 0 Å². The van der Waals surface area contributed by atoms with Crippen LogP contribution in [0.3, 0.4) is 0 Å². The zero-order valence-corrected chi connectivity index (χ0v) is 19.4. The fourth-order valence-corrected chi connectivity index (χ4v) is 4.97. The van der Waals surface area contributed by atoms with Crippen LogP contribution >= 0.6 is 11.6 Å². The highest BCUT2D eigenvalue weighted by molar-refractivity contribution is 6.30. The number of carbonyl (C=O) groups excluding carboxylic acids is 1. The molecule has 0 bridgehead atoms. The summed E-state index contributed by atoms with van der Waals surface area (Å²) in [6.07, 6.45) is -2.31. The number of piperidine rings is 1. The molecule has 1 amide bonds. The molecule has 180 valence electrons. The Hall–Kier alpha value is -2.13. The van der Waals surface area contributed by atoms with Gasteiger partial charge in [0.2, 0.25) is 5.91 Å². The quantitative estimate of drug-likeness (QED) is 0.586. The number of alkyl halides is 3. The molecule has 2 aliphatic rings. The van der Waals surface area contributed by atoms with Crippen molar-refractivity contribution >= 4 is 17.5 Å². The molecule has 4 rings (SSSR count). The number of nitrogens with zero attached hydrogens (tertiary/aromatic N) is 4. The van der Waals surface area contributed by atoms with Crippen molar-refractivity contribution in [2.24, 2.45) is 5.92 Å². The molecule has 5 nitrogen and oxygen atoms in total. The van der Waals surface area contributed by atoms with Crippen molar-refractivity contribution in [2.45, 2.75) is 57.9 Å². The first kappa shape index (κ1) is 24.0. The van der Waals surface area contributed by atoms with Crippen molar-refractivity contribution in [1.29, 1.82) is 0 Å². The molecule has 0 saturated carbocycles. The van der Waals surface area contributed by atoms with Gasteiger partial charge in [-0.3, -0.25) is 9.48 Å². The molecule has 1 fully saturated rings. The van der Waals surface area contributed by atoms with Crippen LogP contribution in [-0.4, -0.2) is 51.7 Å². The van der Waals surface area contributed by atoms with Gasteiger partial charge in [0.25, 0.3) is 0 Å². The van der Waals surface area contributed by atoms with Gasteiger partial charge in [0.1, 0.15) is 5.82 Å².